The lowest BCUT2D eigenvalue weighted by Gasteiger charge is -2.26. The van der Waals surface area contributed by atoms with Gasteiger partial charge in [-0.1, -0.05) is 29.5 Å². The highest BCUT2D eigenvalue weighted by molar-refractivity contribution is 5.98. The van der Waals surface area contributed by atoms with E-state index < -0.39 is 78.6 Å². The maximum atomic E-state index is 14.0. The fourth-order valence-corrected chi connectivity index (χ4v) is 7.03. The number of aryl methyl sites for hydroxylation is 1. The molecule has 1 aliphatic rings. The molecule has 24 heteroatoms. The van der Waals surface area contributed by atoms with Crippen LogP contribution >= 0.6 is 0 Å². The van der Waals surface area contributed by atoms with Crippen molar-refractivity contribution in [2.75, 3.05) is 26.2 Å². The summed E-state index contributed by atoms with van der Waals surface area (Å²) >= 11 is 0. The number of aliphatic carboxylic acids is 1. The van der Waals surface area contributed by atoms with Crippen molar-refractivity contribution in [1.29, 1.82) is 0 Å². The van der Waals surface area contributed by atoms with Crippen LogP contribution in [0, 0.1) is 5.95 Å². The van der Waals surface area contributed by atoms with E-state index in [0.717, 1.165) is 11.3 Å². The van der Waals surface area contributed by atoms with Gasteiger partial charge in [-0.2, -0.15) is 4.39 Å². The van der Waals surface area contributed by atoms with Crippen LogP contribution in [-0.2, 0) is 48.2 Å². The molecular weight excluding hydrogens is 901 g/mol. The number of carbonyl (C=O) groups excluding carboxylic acids is 6. The van der Waals surface area contributed by atoms with Gasteiger partial charge in [0, 0.05) is 37.5 Å². The Kier molecular flexibility index (Phi) is 19.7. The summed E-state index contributed by atoms with van der Waals surface area (Å²) in [6.07, 6.45) is 4.12. The van der Waals surface area contributed by atoms with Crippen LogP contribution in [-0.4, -0.2) is 128 Å². The third-order valence-electron chi connectivity index (χ3n) is 10.6. The van der Waals surface area contributed by atoms with E-state index in [4.69, 9.17) is 16.2 Å². The Morgan fingerprint density at radius 2 is 1.49 bits per heavy atom. The molecule has 5 rings (SSSR count). The number of carbonyl (C=O) groups is 7. The molecule has 0 spiro atoms. The number of unbranched alkanes of at least 4 members (excludes halogenated alkanes) is 1. The first kappa shape index (κ1) is 51.8. The second kappa shape index (κ2) is 26.2. The van der Waals surface area contributed by atoms with Crippen LogP contribution in [0.2, 0.25) is 0 Å². The van der Waals surface area contributed by atoms with Gasteiger partial charge in [0.15, 0.2) is 11.7 Å². The number of rotatable bonds is 21. The van der Waals surface area contributed by atoms with E-state index in [0.29, 0.717) is 36.9 Å². The predicted octanol–water partition coefficient (Wildman–Crippen LogP) is -0.682. The summed E-state index contributed by atoms with van der Waals surface area (Å²) in [6, 6.07) is 10.2. The van der Waals surface area contributed by atoms with Gasteiger partial charge in [-0.15, -0.1) is 5.10 Å². The van der Waals surface area contributed by atoms with Crippen LogP contribution < -0.4 is 48.1 Å². The van der Waals surface area contributed by atoms with Crippen molar-refractivity contribution in [3.05, 3.63) is 101 Å². The lowest BCUT2D eigenvalue weighted by atomic mass is 10.0. The molecule has 4 atom stereocenters. The molecule has 4 aromatic rings. The van der Waals surface area contributed by atoms with Crippen LogP contribution in [0.3, 0.4) is 0 Å². The van der Waals surface area contributed by atoms with E-state index in [9.17, 15) is 48.2 Å². The van der Waals surface area contributed by atoms with Crippen molar-refractivity contribution in [1.82, 2.24) is 51.9 Å². The van der Waals surface area contributed by atoms with Crippen LogP contribution in [0.1, 0.15) is 72.1 Å². The normalized spacial score (nSPS) is 18.0. The van der Waals surface area contributed by atoms with Gasteiger partial charge >= 0.3 is 5.97 Å². The first-order valence-corrected chi connectivity index (χ1v) is 22.2. The minimum absolute atomic E-state index is 0.00560. The van der Waals surface area contributed by atoms with E-state index in [1.165, 1.54) is 36.5 Å². The number of ether oxygens (including phenoxy) is 1. The zero-order valence-corrected chi connectivity index (χ0v) is 37.6. The van der Waals surface area contributed by atoms with Crippen molar-refractivity contribution in [2.45, 2.75) is 88.5 Å². The summed E-state index contributed by atoms with van der Waals surface area (Å²) in [5, 5.41) is 43.0. The highest BCUT2D eigenvalue weighted by Gasteiger charge is 2.33. The van der Waals surface area contributed by atoms with Gasteiger partial charge in [-0.3, -0.25) is 38.6 Å². The molecule has 368 valence electrons. The Morgan fingerprint density at radius 3 is 2.20 bits per heavy atom. The van der Waals surface area contributed by atoms with Gasteiger partial charge in [0.2, 0.25) is 29.5 Å². The van der Waals surface area contributed by atoms with Crippen LogP contribution in [0.5, 0.6) is 11.5 Å². The summed E-state index contributed by atoms with van der Waals surface area (Å²) < 4.78 is 20.8. The molecule has 0 unspecified atom stereocenters. The third-order valence-corrected chi connectivity index (χ3v) is 10.6. The second-order valence-electron chi connectivity index (χ2n) is 16.0. The molecule has 0 saturated carbocycles. The quantitative estimate of drug-likeness (QED) is 0.0214. The molecule has 1 fully saturated rings. The zero-order valence-electron chi connectivity index (χ0n) is 37.6. The van der Waals surface area contributed by atoms with Gasteiger partial charge in [0.05, 0.1) is 31.8 Å². The average molecular weight is 957 g/mol. The largest absolute Gasteiger partial charge is 0.508 e. The highest BCUT2D eigenvalue weighted by Crippen LogP contribution is 2.15. The summed E-state index contributed by atoms with van der Waals surface area (Å²) in [5.41, 5.74) is 13.3. The average Bonchev–Trinajstić information content (AvgIpc) is 3.77. The number of carboxylic acids is 1. The number of aromatic nitrogens is 4. The topological polar surface area (TPSA) is 349 Å². The van der Waals surface area contributed by atoms with Crippen molar-refractivity contribution in [3.63, 3.8) is 0 Å². The van der Waals surface area contributed by atoms with E-state index in [1.807, 2.05) is 0 Å². The maximum absolute atomic E-state index is 14.0. The number of benzene rings is 2. The molecule has 69 heavy (non-hydrogen) atoms. The number of pyridine rings is 1. The van der Waals surface area contributed by atoms with E-state index >= 15 is 0 Å². The minimum Gasteiger partial charge on any atom is -0.508 e. The number of phenolic OH excluding ortho intramolecular Hbond substituents is 1. The van der Waals surface area contributed by atoms with Crippen molar-refractivity contribution in [3.8, 4) is 11.5 Å². The first-order chi connectivity index (χ1) is 33.1. The minimum atomic E-state index is -1.66. The molecule has 2 aromatic heterocycles. The number of carboxylic acid groups (broad SMARTS) is 1. The number of nitrogens with two attached hydrogens (primary N) is 2. The van der Waals surface area contributed by atoms with E-state index in [-0.39, 0.29) is 75.2 Å². The molecule has 12 N–H and O–H groups in total. The SMILES string of the molecule is NC(N)=NCCC[C@@H]1NC(=O)[C@H](CCCCNC(=O)c2ccc(Cn3cc(CCCOc4cccnc4[18F])nn3)cc2)NC(=O)[C@@H](Cc2ccc(O)cc2)NC(=O)[C@H](CC(=O)O)NC(=O)CNC1=O. The van der Waals surface area contributed by atoms with Gasteiger partial charge in [-0.25, -0.2) is 9.67 Å². The van der Waals surface area contributed by atoms with Gasteiger partial charge in [-0.05, 0) is 92.5 Å². The monoisotopic (exact) mass is 956 g/mol. The third kappa shape index (κ3) is 17.5. The molecule has 0 aliphatic carbocycles. The lowest BCUT2D eigenvalue weighted by Crippen LogP contribution is -2.58. The van der Waals surface area contributed by atoms with Crippen molar-refractivity contribution < 1.29 is 52.9 Å². The second-order valence-corrected chi connectivity index (χ2v) is 16.0. The summed E-state index contributed by atoms with van der Waals surface area (Å²) in [6.45, 7) is 0.278. The van der Waals surface area contributed by atoms with Crippen LogP contribution in [0.25, 0.3) is 0 Å². The molecular formula is C45H56FN13O10. The fraction of sp³-hybridized carbons (Fsp3) is 0.400. The zero-order chi connectivity index (χ0) is 49.7. The van der Waals surface area contributed by atoms with E-state index in [2.05, 4.69) is 52.2 Å². The number of amides is 6. The number of halogens is 1. The molecule has 1 aliphatic heterocycles. The Labute approximate surface area is 395 Å². The number of nitrogens with zero attached hydrogens (tertiary/aromatic N) is 5. The van der Waals surface area contributed by atoms with Gasteiger partial charge < -0.3 is 58.3 Å². The number of hydrogen-bond acceptors (Lipinski definition) is 13. The number of hydrogen-bond donors (Lipinski definition) is 10. The number of nitrogens with one attached hydrogen (secondary N) is 6. The number of phenols is 1. The Bertz CT molecular complexity index is 2430. The number of aromatic hydroxyl groups is 1. The molecule has 1 saturated heterocycles. The molecule has 2 aromatic carbocycles. The predicted molar refractivity (Wildman–Crippen MR) is 244 cm³/mol. The van der Waals surface area contributed by atoms with Crippen LogP contribution in [0.15, 0.2) is 78.0 Å². The molecule has 23 nitrogen and oxygen atoms in total. The molecule has 3 heterocycles. The van der Waals surface area contributed by atoms with Gasteiger partial charge in [0.1, 0.15) is 29.9 Å². The molecule has 0 bridgehead atoms. The first-order valence-electron chi connectivity index (χ1n) is 22.2. The van der Waals surface area contributed by atoms with Crippen molar-refractivity contribution in [2.24, 2.45) is 16.5 Å². The number of aliphatic imine (C=N–C) groups is 1. The molecule has 6 amide bonds. The Morgan fingerprint density at radius 1 is 0.826 bits per heavy atom. The van der Waals surface area contributed by atoms with Gasteiger partial charge in [0.25, 0.3) is 11.9 Å². The lowest BCUT2D eigenvalue weighted by molar-refractivity contribution is -0.141. The highest BCUT2D eigenvalue weighted by atomic mass is 18.2. The molecule has 0 radical (unpaired) electrons. The Hall–Kier alpha value is -8.18. The summed E-state index contributed by atoms with van der Waals surface area (Å²) in [4.78, 5) is 100. The summed E-state index contributed by atoms with van der Waals surface area (Å²) in [7, 11) is 0. The number of guanidine groups is 1. The Balaban J connectivity index is 1.21. The fourth-order valence-electron chi connectivity index (χ4n) is 7.03. The van der Waals surface area contributed by atoms with E-state index in [1.54, 1.807) is 41.2 Å². The summed E-state index contributed by atoms with van der Waals surface area (Å²) in [5.74, 6) is -6.95. The smallest absolute Gasteiger partial charge is 0.305 e. The standard InChI is InChI=1S/C45H56FN13O10/c46-39-36(9-4-19-49-39)69-21-5-6-30-26-59(58-57-30)25-28-10-14-29(15-11-28)40(64)50-18-2-1-7-33-42(66)54-32(8-3-20-51-45(47)48)41(65)52-24-37(61)53-35(23-38(62)63)44(68)56-34(43(67)55-33)22-27-12-16-31(60)17-13-27/h4,9-17,19,26,32-35,60H,1-3,5-8,18,20-25H2,(H,50,64)(H,52,65)(H,53,61)(H,54,66)(H,55,67)(H,56,68)(H,62,63)(H4,47,48,51)/t32-,33-,34+,35-/m0/s1/i46-1. The van der Waals surface area contributed by atoms with Crippen molar-refractivity contribution >= 4 is 47.4 Å². The van der Waals surface area contributed by atoms with Crippen LogP contribution in [0.4, 0.5) is 4.39 Å². The maximum Gasteiger partial charge on any atom is 0.305 e.